The molecule has 1 unspecified atom stereocenters. The lowest BCUT2D eigenvalue weighted by molar-refractivity contribution is -0.137. The molecule has 1 aromatic rings. The molecule has 1 N–H and O–H groups in total. The maximum Gasteiger partial charge on any atom is 0.232 e. The van der Waals surface area contributed by atoms with E-state index < -0.39 is 0 Å². The van der Waals surface area contributed by atoms with Crippen molar-refractivity contribution in [3.05, 3.63) is 35.9 Å². The van der Waals surface area contributed by atoms with Gasteiger partial charge in [-0.25, -0.2) is 0 Å². The second-order valence-corrected chi connectivity index (χ2v) is 5.29. The standard InChI is InChI=1S/C16H20N4O2/c1-18-15(21)9-16(22)20-8-7-19(14(10-17)12-20)11-13-5-3-2-4-6-13/h2-6,14H,7-9,11-12H2,1H3,(H,18,21). The van der Waals surface area contributed by atoms with Crippen molar-refractivity contribution in [2.75, 3.05) is 26.7 Å². The average Bonchev–Trinajstić information content (AvgIpc) is 2.55. The summed E-state index contributed by atoms with van der Waals surface area (Å²) in [7, 11) is 1.51. The van der Waals surface area contributed by atoms with Crippen molar-refractivity contribution in [3.8, 4) is 6.07 Å². The summed E-state index contributed by atoms with van der Waals surface area (Å²) < 4.78 is 0. The first-order valence-corrected chi connectivity index (χ1v) is 7.30. The number of nitriles is 1. The van der Waals surface area contributed by atoms with Crippen LogP contribution >= 0.6 is 0 Å². The van der Waals surface area contributed by atoms with Crippen LogP contribution in [0, 0.1) is 11.3 Å². The SMILES string of the molecule is CNC(=O)CC(=O)N1CCN(Cc2ccccc2)C(C#N)C1. The number of hydrogen-bond acceptors (Lipinski definition) is 4. The zero-order valence-electron chi connectivity index (χ0n) is 12.7. The third-order valence-electron chi connectivity index (χ3n) is 3.81. The fourth-order valence-corrected chi connectivity index (χ4v) is 2.51. The fraction of sp³-hybridized carbons (Fsp3) is 0.438. The summed E-state index contributed by atoms with van der Waals surface area (Å²) in [6, 6.07) is 11.9. The van der Waals surface area contributed by atoms with Crippen molar-refractivity contribution < 1.29 is 9.59 Å². The Labute approximate surface area is 130 Å². The maximum atomic E-state index is 12.0. The number of carbonyl (C=O) groups is 2. The minimum atomic E-state index is -0.345. The van der Waals surface area contributed by atoms with Gasteiger partial charge in [-0.05, 0) is 5.56 Å². The van der Waals surface area contributed by atoms with E-state index in [-0.39, 0.29) is 24.3 Å². The summed E-state index contributed by atoms with van der Waals surface area (Å²) in [5.41, 5.74) is 1.15. The van der Waals surface area contributed by atoms with Crippen molar-refractivity contribution in [1.29, 1.82) is 5.26 Å². The summed E-state index contributed by atoms with van der Waals surface area (Å²) in [5.74, 6) is -0.524. The van der Waals surface area contributed by atoms with Crippen LogP contribution in [0.4, 0.5) is 0 Å². The molecule has 22 heavy (non-hydrogen) atoms. The van der Waals surface area contributed by atoms with Gasteiger partial charge >= 0.3 is 0 Å². The summed E-state index contributed by atoms with van der Waals surface area (Å²) in [6.07, 6.45) is -0.159. The quantitative estimate of drug-likeness (QED) is 0.815. The lowest BCUT2D eigenvalue weighted by Crippen LogP contribution is -2.54. The van der Waals surface area contributed by atoms with Gasteiger partial charge < -0.3 is 10.2 Å². The van der Waals surface area contributed by atoms with Crippen LogP contribution in [0.5, 0.6) is 0 Å². The molecule has 2 rings (SSSR count). The number of piperazine rings is 1. The molecule has 1 aliphatic rings. The number of carbonyl (C=O) groups excluding carboxylic acids is 2. The second-order valence-electron chi connectivity index (χ2n) is 5.29. The molecule has 1 heterocycles. The van der Waals surface area contributed by atoms with E-state index in [2.05, 4.69) is 16.3 Å². The van der Waals surface area contributed by atoms with Gasteiger partial charge in [0.1, 0.15) is 12.5 Å². The molecule has 6 nitrogen and oxygen atoms in total. The van der Waals surface area contributed by atoms with Gasteiger partial charge in [0.15, 0.2) is 0 Å². The van der Waals surface area contributed by atoms with E-state index in [1.807, 2.05) is 30.3 Å². The molecule has 116 valence electrons. The number of nitrogens with zero attached hydrogens (tertiary/aromatic N) is 3. The molecular formula is C16H20N4O2. The molecule has 0 radical (unpaired) electrons. The zero-order chi connectivity index (χ0) is 15.9. The van der Waals surface area contributed by atoms with Crippen LogP contribution in [-0.2, 0) is 16.1 Å². The van der Waals surface area contributed by atoms with Crippen LogP contribution in [0.2, 0.25) is 0 Å². The molecule has 1 atom stereocenters. The van der Waals surface area contributed by atoms with E-state index in [1.54, 1.807) is 4.90 Å². The number of hydrogen-bond donors (Lipinski definition) is 1. The fourth-order valence-electron chi connectivity index (χ4n) is 2.51. The Kier molecular flexibility index (Phi) is 5.50. The van der Waals surface area contributed by atoms with Gasteiger partial charge in [0, 0.05) is 33.2 Å². The normalized spacial score (nSPS) is 18.5. The van der Waals surface area contributed by atoms with E-state index in [9.17, 15) is 14.9 Å². The molecule has 1 aliphatic heterocycles. The van der Waals surface area contributed by atoms with E-state index in [1.165, 1.54) is 7.05 Å². The summed E-state index contributed by atoms with van der Waals surface area (Å²) in [5, 5.41) is 11.8. The number of rotatable bonds is 4. The van der Waals surface area contributed by atoms with Crippen LogP contribution in [0.15, 0.2) is 30.3 Å². The Morgan fingerprint density at radius 3 is 2.68 bits per heavy atom. The van der Waals surface area contributed by atoms with Gasteiger partial charge in [-0.1, -0.05) is 30.3 Å². The largest absolute Gasteiger partial charge is 0.359 e. The Morgan fingerprint density at radius 1 is 1.32 bits per heavy atom. The highest BCUT2D eigenvalue weighted by Gasteiger charge is 2.29. The second kappa shape index (κ2) is 7.57. The Balaban J connectivity index is 1.95. The predicted molar refractivity (Wildman–Crippen MR) is 81.5 cm³/mol. The number of nitrogens with one attached hydrogen (secondary N) is 1. The molecule has 1 fully saturated rings. The number of amides is 2. The minimum absolute atomic E-state index is 0.159. The smallest absolute Gasteiger partial charge is 0.232 e. The third kappa shape index (κ3) is 4.06. The highest BCUT2D eigenvalue weighted by atomic mass is 16.2. The third-order valence-corrected chi connectivity index (χ3v) is 3.81. The molecule has 0 aliphatic carbocycles. The van der Waals surface area contributed by atoms with Crippen molar-refractivity contribution >= 4 is 11.8 Å². The molecule has 0 saturated carbocycles. The minimum Gasteiger partial charge on any atom is -0.359 e. The topological polar surface area (TPSA) is 76.4 Å². The highest BCUT2D eigenvalue weighted by Crippen LogP contribution is 2.14. The van der Waals surface area contributed by atoms with Gasteiger partial charge in [-0.3, -0.25) is 14.5 Å². The maximum absolute atomic E-state index is 12.0. The van der Waals surface area contributed by atoms with E-state index in [0.29, 0.717) is 26.2 Å². The summed E-state index contributed by atoms with van der Waals surface area (Å²) in [4.78, 5) is 27.0. The Bertz CT molecular complexity index is 567. The first-order chi connectivity index (χ1) is 10.6. The monoisotopic (exact) mass is 300 g/mol. The summed E-state index contributed by atoms with van der Waals surface area (Å²) in [6.45, 7) is 2.21. The molecule has 1 saturated heterocycles. The van der Waals surface area contributed by atoms with Crippen molar-refractivity contribution in [2.24, 2.45) is 0 Å². The van der Waals surface area contributed by atoms with E-state index in [0.717, 1.165) is 5.56 Å². The lowest BCUT2D eigenvalue weighted by atomic mass is 10.1. The predicted octanol–water partition coefficient (Wildman–Crippen LogP) is 0.359. The van der Waals surface area contributed by atoms with Crippen LogP contribution in [0.25, 0.3) is 0 Å². The first kappa shape index (κ1) is 16.0. The summed E-state index contributed by atoms with van der Waals surface area (Å²) >= 11 is 0. The average molecular weight is 300 g/mol. The molecule has 0 bridgehead atoms. The molecule has 0 aromatic heterocycles. The van der Waals surface area contributed by atoms with Crippen LogP contribution in [0.3, 0.4) is 0 Å². The van der Waals surface area contributed by atoms with Crippen molar-refractivity contribution in [2.45, 2.75) is 19.0 Å². The highest BCUT2D eigenvalue weighted by molar-refractivity contribution is 5.96. The molecule has 1 aromatic carbocycles. The van der Waals surface area contributed by atoms with Crippen molar-refractivity contribution in [1.82, 2.24) is 15.1 Å². The van der Waals surface area contributed by atoms with Gasteiger partial charge in [-0.15, -0.1) is 0 Å². The van der Waals surface area contributed by atoms with Gasteiger partial charge in [0.2, 0.25) is 11.8 Å². The Hall–Kier alpha value is -2.39. The van der Waals surface area contributed by atoms with Crippen LogP contribution in [-0.4, -0.2) is 54.3 Å². The lowest BCUT2D eigenvalue weighted by Gasteiger charge is -2.38. The molecule has 2 amide bonds. The first-order valence-electron chi connectivity index (χ1n) is 7.30. The van der Waals surface area contributed by atoms with Gasteiger partial charge in [0.25, 0.3) is 0 Å². The van der Waals surface area contributed by atoms with Gasteiger partial charge in [-0.2, -0.15) is 5.26 Å². The van der Waals surface area contributed by atoms with Crippen LogP contribution < -0.4 is 5.32 Å². The molecule has 0 spiro atoms. The van der Waals surface area contributed by atoms with E-state index >= 15 is 0 Å². The van der Waals surface area contributed by atoms with Gasteiger partial charge in [0.05, 0.1) is 6.07 Å². The van der Waals surface area contributed by atoms with Crippen molar-refractivity contribution in [3.63, 3.8) is 0 Å². The zero-order valence-corrected chi connectivity index (χ0v) is 12.7. The number of benzene rings is 1. The van der Waals surface area contributed by atoms with E-state index in [4.69, 9.17) is 0 Å². The van der Waals surface area contributed by atoms with Crippen LogP contribution in [0.1, 0.15) is 12.0 Å². The Morgan fingerprint density at radius 2 is 2.05 bits per heavy atom. The molecule has 6 heteroatoms. The molecular weight excluding hydrogens is 280 g/mol.